The smallest absolute Gasteiger partial charge is 0.211 e. The molecule has 0 aromatic heterocycles. The topological polar surface area (TPSA) is 43.9 Å². The molecule has 2 saturated heterocycles. The minimum Gasteiger partial charge on any atom is -0.303 e. The van der Waals surface area contributed by atoms with Crippen molar-refractivity contribution in [3.05, 3.63) is 34.9 Å². The minimum atomic E-state index is -3.18. The Kier molecular flexibility index (Phi) is 6.97. The molecule has 26 heavy (non-hydrogen) atoms. The second kappa shape index (κ2) is 9.02. The van der Waals surface area contributed by atoms with Crippen LogP contribution >= 0.6 is 11.6 Å². The van der Waals surface area contributed by atoms with Crippen LogP contribution in [-0.4, -0.2) is 74.1 Å². The molecule has 1 atom stereocenters. The van der Waals surface area contributed by atoms with E-state index in [0.29, 0.717) is 6.54 Å². The Bertz CT molecular complexity index is 675. The quantitative estimate of drug-likeness (QED) is 0.674. The highest BCUT2D eigenvalue weighted by Crippen LogP contribution is 2.21. The van der Waals surface area contributed by atoms with Crippen molar-refractivity contribution in [2.75, 3.05) is 45.5 Å². The van der Waals surface area contributed by atoms with Gasteiger partial charge in [-0.05, 0) is 63.0 Å². The van der Waals surface area contributed by atoms with Crippen LogP contribution in [0.25, 0.3) is 0 Å². The molecule has 0 N–H and O–H groups in total. The van der Waals surface area contributed by atoms with Crippen molar-refractivity contribution >= 4 is 21.6 Å². The largest absolute Gasteiger partial charge is 0.303 e. The van der Waals surface area contributed by atoms with Crippen LogP contribution in [0.2, 0.25) is 5.02 Å². The van der Waals surface area contributed by atoms with E-state index < -0.39 is 10.0 Å². The molecule has 3 rings (SSSR count). The van der Waals surface area contributed by atoms with E-state index in [2.05, 4.69) is 9.80 Å². The van der Waals surface area contributed by atoms with Gasteiger partial charge in [0, 0.05) is 37.2 Å². The van der Waals surface area contributed by atoms with E-state index in [9.17, 15) is 8.42 Å². The van der Waals surface area contributed by atoms with Crippen molar-refractivity contribution in [1.29, 1.82) is 0 Å². The van der Waals surface area contributed by atoms with Gasteiger partial charge in [0.2, 0.25) is 10.0 Å². The van der Waals surface area contributed by atoms with Crippen molar-refractivity contribution in [1.82, 2.24) is 14.1 Å². The lowest BCUT2D eigenvalue weighted by molar-refractivity contribution is 0.263. The van der Waals surface area contributed by atoms with Crippen LogP contribution < -0.4 is 0 Å². The summed E-state index contributed by atoms with van der Waals surface area (Å²) < 4.78 is 26.4. The molecule has 5 nitrogen and oxygen atoms in total. The lowest BCUT2D eigenvalue weighted by atomic mass is 10.2. The third-order valence-corrected chi connectivity index (χ3v) is 7.04. The molecule has 0 spiro atoms. The van der Waals surface area contributed by atoms with Gasteiger partial charge >= 0.3 is 0 Å². The Morgan fingerprint density at radius 2 is 1.81 bits per heavy atom. The Labute approximate surface area is 163 Å². The molecule has 2 heterocycles. The van der Waals surface area contributed by atoms with Gasteiger partial charge in [-0.25, -0.2) is 8.42 Å². The molecule has 0 saturated carbocycles. The summed E-state index contributed by atoms with van der Waals surface area (Å²) in [6.07, 6.45) is 5.73. The maximum atomic E-state index is 12.3. The molecule has 1 aromatic carbocycles. The van der Waals surface area contributed by atoms with Crippen molar-refractivity contribution < 1.29 is 8.42 Å². The molecule has 1 unspecified atom stereocenters. The highest BCUT2D eigenvalue weighted by atomic mass is 35.5. The molecule has 0 radical (unpaired) electrons. The Balaban J connectivity index is 1.52. The van der Waals surface area contributed by atoms with E-state index >= 15 is 0 Å². The predicted octanol–water partition coefficient (Wildman–Crippen LogP) is 2.66. The third kappa shape index (κ3) is 5.67. The van der Waals surface area contributed by atoms with E-state index in [0.717, 1.165) is 57.1 Å². The van der Waals surface area contributed by atoms with E-state index in [1.807, 2.05) is 24.3 Å². The molecule has 1 aromatic rings. The zero-order valence-electron chi connectivity index (χ0n) is 15.6. The zero-order valence-corrected chi connectivity index (χ0v) is 17.2. The van der Waals surface area contributed by atoms with E-state index in [1.165, 1.54) is 24.7 Å². The first-order chi connectivity index (χ1) is 12.4. The molecule has 0 aliphatic carbocycles. The number of hydrogen-bond donors (Lipinski definition) is 0. The molecule has 2 aliphatic heterocycles. The summed E-state index contributed by atoms with van der Waals surface area (Å²) in [5.74, 6) is 0. The number of sulfonamides is 1. The predicted molar refractivity (Wildman–Crippen MR) is 107 cm³/mol. The fraction of sp³-hybridized carbons (Fsp3) is 0.684. The molecule has 2 aliphatic rings. The van der Waals surface area contributed by atoms with Gasteiger partial charge in [-0.1, -0.05) is 23.7 Å². The number of benzene rings is 1. The van der Waals surface area contributed by atoms with Gasteiger partial charge in [-0.2, -0.15) is 4.31 Å². The molecule has 0 amide bonds. The van der Waals surface area contributed by atoms with Crippen molar-refractivity contribution in [2.24, 2.45) is 0 Å². The van der Waals surface area contributed by atoms with Crippen LogP contribution in [0.1, 0.15) is 31.2 Å². The lowest BCUT2D eigenvalue weighted by Crippen LogP contribution is -2.42. The monoisotopic (exact) mass is 399 g/mol. The summed E-state index contributed by atoms with van der Waals surface area (Å²) in [6.45, 7) is 6.56. The SMILES string of the molecule is CS(=O)(=O)N(CCCN1CCCC1)C1CCN(Cc2ccc(Cl)cc2)C1. The number of nitrogens with zero attached hydrogens (tertiary/aromatic N) is 3. The molecule has 146 valence electrons. The van der Waals surface area contributed by atoms with Gasteiger partial charge in [-0.3, -0.25) is 4.90 Å². The number of rotatable bonds is 8. The third-order valence-electron chi connectivity index (χ3n) is 5.45. The Morgan fingerprint density at radius 1 is 1.12 bits per heavy atom. The van der Waals surface area contributed by atoms with Crippen LogP contribution in [0.3, 0.4) is 0 Å². The summed E-state index contributed by atoms with van der Waals surface area (Å²) in [5, 5.41) is 0.745. The average Bonchev–Trinajstić information content (AvgIpc) is 3.24. The summed E-state index contributed by atoms with van der Waals surface area (Å²) in [5.41, 5.74) is 1.22. The molecule has 7 heteroatoms. The fourth-order valence-electron chi connectivity index (χ4n) is 4.11. The summed E-state index contributed by atoms with van der Waals surface area (Å²) in [4.78, 5) is 4.79. The minimum absolute atomic E-state index is 0.0934. The Hall–Kier alpha value is -0.660. The van der Waals surface area contributed by atoms with Gasteiger partial charge in [0.15, 0.2) is 0 Å². The average molecular weight is 400 g/mol. The molecular formula is C19H30ClN3O2S. The van der Waals surface area contributed by atoms with E-state index in [-0.39, 0.29) is 6.04 Å². The van der Waals surface area contributed by atoms with Crippen molar-refractivity contribution in [2.45, 2.75) is 38.3 Å². The molecular weight excluding hydrogens is 370 g/mol. The van der Waals surface area contributed by atoms with Gasteiger partial charge in [-0.15, -0.1) is 0 Å². The maximum absolute atomic E-state index is 12.3. The van der Waals surface area contributed by atoms with Crippen LogP contribution in [0.4, 0.5) is 0 Å². The van der Waals surface area contributed by atoms with Crippen molar-refractivity contribution in [3.63, 3.8) is 0 Å². The second-order valence-electron chi connectivity index (χ2n) is 7.58. The fourth-order valence-corrected chi connectivity index (χ4v) is 5.41. The Morgan fingerprint density at radius 3 is 2.46 bits per heavy atom. The van der Waals surface area contributed by atoms with Gasteiger partial charge in [0.05, 0.1) is 6.26 Å². The normalized spacial score (nSPS) is 22.5. The lowest BCUT2D eigenvalue weighted by Gasteiger charge is -2.27. The highest BCUT2D eigenvalue weighted by molar-refractivity contribution is 7.88. The molecule has 2 fully saturated rings. The van der Waals surface area contributed by atoms with E-state index in [1.54, 1.807) is 4.31 Å². The first kappa shape index (κ1) is 20.1. The van der Waals surface area contributed by atoms with Crippen LogP contribution in [0.15, 0.2) is 24.3 Å². The number of hydrogen-bond acceptors (Lipinski definition) is 4. The summed E-state index contributed by atoms with van der Waals surface area (Å²) >= 11 is 5.95. The van der Waals surface area contributed by atoms with Gasteiger partial charge in [0.25, 0.3) is 0 Å². The zero-order chi connectivity index (χ0) is 18.6. The van der Waals surface area contributed by atoms with E-state index in [4.69, 9.17) is 11.6 Å². The number of halogens is 1. The van der Waals surface area contributed by atoms with Gasteiger partial charge in [0.1, 0.15) is 0 Å². The highest BCUT2D eigenvalue weighted by Gasteiger charge is 2.32. The summed E-state index contributed by atoms with van der Waals surface area (Å²) in [6, 6.07) is 7.99. The first-order valence-electron chi connectivity index (χ1n) is 9.58. The van der Waals surface area contributed by atoms with Crippen molar-refractivity contribution in [3.8, 4) is 0 Å². The standard InChI is InChI=1S/C19H30ClN3O2S/c1-26(24,25)23(13-4-12-21-10-2-3-11-21)19-9-14-22(16-19)15-17-5-7-18(20)8-6-17/h5-8,19H,2-4,9-16H2,1H3. The number of likely N-dealkylation sites (tertiary alicyclic amines) is 2. The maximum Gasteiger partial charge on any atom is 0.211 e. The first-order valence-corrected chi connectivity index (χ1v) is 11.8. The molecule has 0 bridgehead atoms. The van der Waals surface area contributed by atoms with Gasteiger partial charge < -0.3 is 4.90 Å². The van der Waals surface area contributed by atoms with Crippen LogP contribution in [0, 0.1) is 0 Å². The van der Waals surface area contributed by atoms with Crippen LogP contribution in [-0.2, 0) is 16.6 Å². The second-order valence-corrected chi connectivity index (χ2v) is 9.95. The summed E-state index contributed by atoms with van der Waals surface area (Å²) in [7, 11) is -3.18. The van der Waals surface area contributed by atoms with Crippen LogP contribution in [0.5, 0.6) is 0 Å².